The molecule has 0 spiro atoms. The van der Waals surface area contributed by atoms with Crippen molar-refractivity contribution in [1.29, 1.82) is 0 Å². The van der Waals surface area contributed by atoms with Gasteiger partial charge in [0.15, 0.2) is 5.96 Å². The van der Waals surface area contributed by atoms with Crippen molar-refractivity contribution < 1.29 is 4.39 Å². The van der Waals surface area contributed by atoms with E-state index in [0.29, 0.717) is 40.2 Å². The van der Waals surface area contributed by atoms with Gasteiger partial charge in [0.05, 0.1) is 22.8 Å². The number of pyridine rings is 1. The topological polar surface area (TPSA) is 106 Å². The van der Waals surface area contributed by atoms with Crippen LogP contribution in [-0.4, -0.2) is 37.6 Å². The maximum atomic E-state index is 13.8. The van der Waals surface area contributed by atoms with Crippen LogP contribution in [0.5, 0.6) is 0 Å². The third kappa shape index (κ3) is 5.94. The smallest absolute Gasteiger partial charge is 0.223 e. The number of nitrogens with two attached hydrogens (primary N) is 1. The molecule has 39 heavy (non-hydrogen) atoms. The average Bonchev–Trinajstić information content (AvgIpc) is 3.66. The van der Waals surface area contributed by atoms with Crippen LogP contribution in [0.2, 0.25) is 5.02 Å². The van der Waals surface area contributed by atoms with E-state index in [0.717, 1.165) is 42.3 Å². The van der Waals surface area contributed by atoms with Crippen LogP contribution >= 0.6 is 24.0 Å². The van der Waals surface area contributed by atoms with Crippen LogP contribution in [0.3, 0.4) is 0 Å². The number of fused-ring (bicyclic) bond motifs is 1. The van der Waals surface area contributed by atoms with Gasteiger partial charge in [0, 0.05) is 22.8 Å². The molecule has 3 heterocycles. The first kappa shape index (κ1) is 27.1. The van der Waals surface area contributed by atoms with E-state index in [9.17, 15) is 4.39 Å². The Morgan fingerprint density at radius 2 is 1.74 bits per heavy atom. The first-order chi connectivity index (χ1) is 18.5. The van der Waals surface area contributed by atoms with Crippen LogP contribution in [0.25, 0.3) is 28.0 Å². The van der Waals surface area contributed by atoms with Crippen LogP contribution in [0, 0.1) is 5.82 Å². The minimum absolute atomic E-state index is 0. The molecule has 6 rings (SSSR count). The lowest BCUT2D eigenvalue weighted by atomic mass is 10.0. The molecule has 3 aromatic heterocycles. The van der Waals surface area contributed by atoms with Gasteiger partial charge in [-0.25, -0.2) is 23.9 Å². The van der Waals surface area contributed by atoms with E-state index in [4.69, 9.17) is 27.4 Å². The SMILES string of the molecule is Cl.NC(=NC1CCCC1)Nc1cc(Cl)cc2c(-c3ccnc(NC4CCCC4)n3)c(-c3ccc(F)cc3)nn12. The normalized spacial score (nSPS) is 16.5. The van der Waals surface area contributed by atoms with Gasteiger partial charge in [0.25, 0.3) is 0 Å². The van der Waals surface area contributed by atoms with Crippen molar-refractivity contribution in [3.8, 4) is 22.5 Å². The van der Waals surface area contributed by atoms with Crippen molar-refractivity contribution in [1.82, 2.24) is 19.6 Å². The van der Waals surface area contributed by atoms with E-state index in [1.54, 1.807) is 28.9 Å². The maximum Gasteiger partial charge on any atom is 0.223 e. The van der Waals surface area contributed by atoms with Gasteiger partial charge in [-0.15, -0.1) is 12.4 Å². The Balaban J connectivity index is 0.00000308. The highest BCUT2D eigenvalue weighted by atomic mass is 35.5. The lowest BCUT2D eigenvalue weighted by molar-refractivity contribution is 0.628. The molecular weight excluding hydrogens is 538 g/mol. The Bertz CT molecular complexity index is 1480. The standard InChI is InChI=1S/C28H30ClFN8.ClH/c29-18-15-23-25(22-13-14-32-28(35-22)34-21-7-3-4-8-21)26(17-9-11-19(30)12-10-17)37-38(23)24(16-18)36-27(31)33-20-5-1-2-6-20;/h9-16,20-21H,1-8H2,(H3,31,33,36)(H,32,34,35);1H. The quantitative estimate of drug-likeness (QED) is 0.176. The molecule has 11 heteroatoms. The number of hydrogen-bond acceptors (Lipinski definition) is 5. The van der Waals surface area contributed by atoms with Gasteiger partial charge in [0.2, 0.25) is 5.95 Å². The van der Waals surface area contributed by atoms with E-state index in [-0.39, 0.29) is 24.3 Å². The van der Waals surface area contributed by atoms with Crippen molar-refractivity contribution in [3.05, 3.63) is 59.5 Å². The Morgan fingerprint density at radius 3 is 2.49 bits per heavy atom. The first-order valence-corrected chi connectivity index (χ1v) is 13.6. The van der Waals surface area contributed by atoms with Gasteiger partial charge in [-0.3, -0.25) is 0 Å². The summed E-state index contributed by atoms with van der Waals surface area (Å²) in [5.74, 6) is 1.17. The van der Waals surface area contributed by atoms with E-state index in [2.05, 4.69) is 20.6 Å². The second-order valence-corrected chi connectivity index (χ2v) is 10.5. The van der Waals surface area contributed by atoms with Crippen molar-refractivity contribution in [2.75, 3.05) is 10.6 Å². The number of guanidine groups is 1. The second kappa shape index (κ2) is 11.8. The summed E-state index contributed by atoms with van der Waals surface area (Å²) in [6.45, 7) is 0. The summed E-state index contributed by atoms with van der Waals surface area (Å²) < 4.78 is 15.5. The largest absolute Gasteiger partial charge is 0.370 e. The zero-order chi connectivity index (χ0) is 26.1. The van der Waals surface area contributed by atoms with Gasteiger partial charge in [-0.2, -0.15) is 5.10 Å². The Morgan fingerprint density at radius 1 is 1.03 bits per heavy atom. The molecule has 0 atom stereocenters. The molecule has 4 aromatic rings. The molecule has 2 aliphatic rings. The Labute approximate surface area is 237 Å². The van der Waals surface area contributed by atoms with Gasteiger partial charge in [-0.05, 0) is 68.1 Å². The highest BCUT2D eigenvalue weighted by Crippen LogP contribution is 2.37. The second-order valence-electron chi connectivity index (χ2n) is 10.1. The molecule has 0 saturated heterocycles. The van der Waals surface area contributed by atoms with Gasteiger partial charge in [-0.1, -0.05) is 37.3 Å². The zero-order valence-electron chi connectivity index (χ0n) is 21.4. The lowest BCUT2D eigenvalue weighted by Crippen LogP contribution is -2.26. The summed E-state index contributed by atoms with van der Waals surface area (Å²) in [4.78, 5) is 14.0. The number of benzene rings is 1. The van der Waals surface area contributed by atoms with E-state index < -0.39 is 0 Å². The number of rotatable bonds is 6. The predicted octanol–water partition coefficient (Wildman–Crippen LogP) is 6.70. The van der Waals surface area contributed by atoms with Gasteiger partial charge >= 0.3 is 0 Å². The van der Waals surface area contributed by atoms with Crippen molar-refractivity contribution in [3.63, 3.8) is 0 Å². The highest BCUT2D eigenvalue weighted by molar-refractivity contribution is 6.31. The molecule has 0 radical (unpaired) electrons. The fourth-order valence-corrected chi connectivity index (χ4v) is 5.68. The zero-order valence-corrected chi connectivity index (χ0v) is 23.0. The predicted molar refractivity (Wildman–Crippen MR) is 157 cm³/mol. The molecule has 204 valence electrons. The average molecular weight is 570 g/mol. The van der Waals surface area contributed by atoms with Crippen LogP contribution in [0.4, 0.5) is 16.2 Å². The molecular formula is C28H31Cl2FN8. The summed E-state index contributed by atoms with van der Waals surface area (Å²) >= 11 is 6.60. The van der Waals surface area contributed by atoms with E-state index >= 15 is 0 Å². The monoisotopic (exact) mass is 568 g/mol. The number of aliphatic imine (C=N–C) groups is 1. The minimum atomic E-state index is -0.314. The number of anilines is 2. The summed E-state index contributed by atoms with van der Waals surface area (Å²) in [5, 5.41) is 12.1. The third-order valence-corrected chi connectivity index (χ3v) is 7.54. The molecule has 0 unspecified atom stereocenters. The lowest BCUT2D eigenvalue weighted by Gasteiger charge is -2.13. The molecule has 0 aliphatic heterocycles. The van der Waals surface area contributed by atoms with Crippen LogP contribution in [0.15, 0.2) is 53.7 Å². The van der Waals surface area contributed by atoms with Crippen molar-refractivity contribution in [2.24, 2.45) is 10.7 Å². The molecule has 1 aromatic carbocycles. The van der Waals surface area contributed by atoms with E-state index in [1.165, 1.54) is 37.8 Å². The van der Waals surface area contributed by atoms with Gasteiger partial charge in [0.1, 0.15) is 17.3 Å². The Kier molecular flexibility index (Phi) is 8.18. The fourth-order valence-electron chi connectivity index (χ4n) is 5.48. The van der Waals surface area contributed by atoms with Crippen LogP contribution in [-0.2, 0) is 0 Å². The molecule has 0 bridgehead atoms. The van der Waals surface area contributed by atoms with Crippen molar-refractivity contribution in [2.45, 2.75) is 63.5 Å². The number of halogens is 3. The number of nitrogens with one attached hydrogen (secondary N) is 2. The minimum Gasteiger partial charge on any atom is -0.370 e. The first-order valence-electron chi connectivity index (χ1n) is 13.2. The maximum absolute atomic E-state index is 13.8. The van der Waals surface area contributed by atoms with Crippen LogP contribution in [0.1, 0.15) is 51.4 Å². The summed E-state index contributed by atoms with van der Waals surface area (Å²) in [7, 11) is 0. The third-order valence-electron chi connectivity index (χ3n) is 7.32. The number of nitrogens with zero attached hydrogens (tertiary/aromatic N) is 5. The number of hydrogen-bond donors (Lipinski definition) is 3. The number of aromatic nitrogens is 4. The summed E-state index contributed by atoms with van der Waals surface area (Å²) in [6, 6.07) is 12.3. The van der Waals surface area contributed by atoms with Gasteiger partial charge < -0.3 is 16.4 Å². The molecule has 4 N–H and O–H groups in total. The summed E-state index contributed by atoms with van der Waals surface area (Å²) in [6.07, 6.45) is 10.8. The van der Waals surface area contributed by atoms with Crippen molar-refractivity contribution >= 4 is 47.3 Å². The fraction of sp³-hybridized carbons (Fsp3) is 0.357. The molecule has 2 saturated carbocycles. The molecule has 2 fully saturated rings. The Hall–Kier alpha value is -3.43. The highest BCUT2D eigenvalue weighted by Gasteiger charge is 2.22. The van der Waals surface area contributed by atoms with E-state index in [1.807, 2.05) is 12.1 Å². The molecule has 2 aliphatic carbocycles. The van der Waals surface area contributed by atoms with Crippen LogP contribution < -0.4 is 16.4 Å². The molecule has 8 nitrogen and oxygen atoms in total. The molecule has 0 amide bonds. The summed E-state index contributed by atoms with van der Waals surface area (Å²) in [5.41, 5.74) is 9.89.